The highest BCUT2D eigenvalue weighted by molar-refractivity contribution is 5.80. The number of para-hydroxylation sites is 1. The van der Waals surface area contributed by atoms with Crippen LogP contribution in [0.2, 0.25) is 0 Å². The molecule has 1 aromatic heterocycles. The molecule has 2 fully saturated rings. The van der Waals surface area contributed by atoms with Crippen molar-refractivity contribution < 1.29 is 0 Å². The second-order valence-corrected chi connectivity index (χ2v) is 7.56. The third-order valence-electron chi connectivity index (χ3n) is 5.57. The van der Waals surface area contributed by atoms with Gasteiger partial charge in [0.05, 0.1) is 0 Å². The molecule has 0 aliphatic carbocycles. The Morgan fingerprint density at radius 3 is 2.61 bits per heavy atom. The van der Waals surface area contributed by atoms with Crippen LogP contribution in [0, 0.1) is 0 Å². The lowest BCUT2D eigenvalue weighted by Crippen LogP contribution is -2.44. The largest absolute Gasteiger partial charge is 0.369 e. The molecule has 0 spiro atoms. The molecular formula is C22H30N6. The number of hydrogen-bond acceptors (Lipinski definition) is 4. The summed E-state index contributed by atoms with van der Waals surface area (Å²) in [6.07, 6.45) is 5.63. The molecule has 2 aliphatic rings. The first-order valence-electron chi connectivity index (χ1n) is 10.3. The number of pyridine rings is 1. The molecule has 0 bridgehead atoms. The van der Waals surface area contributed by atoms with Crippen molar-refractivity contribution in [2.45, 2.75) is 31.8 Å². The summed E-state index contributed by atoms with van der Waals surface area (Å²) in [5.74, 6) is 1.94. The lowest BCUT2D eigenvalue weighted by molar-refractivity contribution is 0.648. The Bertz CT molecular complexity index is 767. The van der Waals surface area contributed by atoms with Crippen molar-refractivity contribution in [3.8, 4) is 0 Å². The fraction of sp³-hybridized carbons (Fsp3) is 0.455. The number of aromatic nitrogens is 1. The zero-order valence-corrected chi connectivity index (χ0v) is 16.6. The fourth-order valence-corrected chi connectivity index (χ4v) is 3.98. The molecule has 4 rings (SSSR count). The molecule has 3 heterocycles. The Kier molecular flexibility index (Phi) is 5.95. The van der Waals surface area contributed by atoms with Gasteiger partial charge in [0, 0.05) is 57.7 Å². The van der Waals surface area contributed by atoms with E-state index in [0.29, 0.717) is 6.04 Å². The summed E-state index contributed by atoms with van der Waals surface area (Å²) in [6, 6.07) is 15.3. The third kappa shape index (κ3) is 4.55. The number of aliphatic imine (C=N–C) groups is 1. The standard InChI is InChI=1S/C22H30N6/c1-23-22(26-19-11-14-28(17-19)20-7-3-2-4-8-20)25-16-18-9-10-21(24-15-18)27-12-5-6-13-27/h2-4,7-10,15,19H,5-6,11-14,16-17H2,1H3,(H2,23,25,26). The summed E-state index contributed by atoms with van der Waals surface area (Å²) in [5.41, 5.74) is 2.46. The lowest BCUT2D eigenvalue weighted by Gasteiger charge is -2.20. The molecule has 2 aromatic rings. The van der Waals surface area contributed by atoms with Crippen LogP contribution in [0.1, 0.15) is 24.8 Å². The summed E-state index contributed by atoms with van der Waals surface area (Å²) >= 11 is 0. The van der Waals surface area contributed by atoms with E-state index >= 15 is 0 Å². The highest BCUT2D eigenvalue weighted by atomic mass is 15.2. The van der Waals surface area contributed by atoms with E-state index in [0.717, 1.165) is 50.9 Å². The third-order valence-corrected chi connectivity index (χ3v) is 5.57. The van der Waals surface area contributed by atoms with Gasteiger partial charge in [-0.25, -0.2) is 4.98 Å². The fourth-order valence-electron chi connectivity index (χ4n) is 3.98. The van der Waals surface area contributed by atoms with Gasteiger partial charge in [-0.05, 0) is 43.0 Å². The summed E-state index contributed by atoms with van der Waals surface area (Å²) in [7, 11) is 1.83. The van der Waals surface area contributed by atoms with E-state index in [9.17, 15) is 0 Å². The second kappa shape index (κ2) is 8.95. The minimum atomic E-state index is 0.405. The lowest BCUT2D eigenvalue weighted by atomic mass is 10.2. The van der Waals surface area contributed by atoms with Crippen molar-refractivity contribution in [2.24, 2.45) is 4.99 Å². The maximum absolute atomic E-state index is 4.63. The van der Waals surface area contributed by atoms with Gasteiger partial charge in [-0.2, -0.15) is 0 Å². The maximum Gasteiger partial charge on any atom is 0.191 e. The van der Waals surface area contributed by atoms with Crippen molar-refractivity contribution in [3.63, 3.8) is 0 Å². The van der Waals surface area contributed by atoms with Crippen LogP contribution in [0.25, 0.3) is 0 Å². The van der Waals surface area contributed by atoms with Gasteiger partial charge in [-0.1, -0.05) is 24.3 Å². The van der Waals surface area contributed by atoms with Gasteiger partial charge in [0.15, 0.2) is 5.96 Å². The average Bonchev–Trinajstić information content (AvgIpc) is 3.44. The Balaban J connectivity index is 1.26. The van der Waals surface area contributed by atoms with Gasteiger partial charge in [-0.3, -0.25) is 4.99 Å². The van der Waals surface area contributed by atoms with Crippen LogP contribution in [0.15, 0.2) is 53.7 Å². The molecule has 0 radical (unpaired) electrons. The highest BCUT2D eigenvalue weighted by Gasteiger charge is 2.23. The molecule has 1 unspecified atom stereocenters. The topological polar surface area (TPSA) is 55.8 Å². The van der Waals surface area contributed by atoms with E-state index in [1.54, 1.807) is 0 Å². The molecule has 1 atom stereocenters. The molecule has 6 heteroatoms. The van der Waals surface area contributed by atoms with Crippen molar-refractivity contribution >= 4 is 17.5 Å². The maximum atomic E-state index is 4.63. The summed E-state index contributed by atoms with van der Waals surface area (Å²) in [4.78, 5) is 13.8. The van der Waals surface area contributed by atoms with Gasteiger partial charge in [0.25, 0.3) is 0 Å². The van der Waals surface area contributed by atoms with Crippen LogP contribution in [0.4, 0.5) is 11.5 Å². The van der Waals surface area contributed by atoms with Gasteiger partial charge >= 0.3 is 0 Å². The van der Waals surface area contributed by atoms with Gasteiger partial charge < -0.3 is 20.4 Å². The minimum Gasteiger partial charge on any atom is -0.369 e. The van der Waals surface area contributed by atoms with E-state index in [-0.39, 0.29) is 0 Å². The minimum absolute atomic E-state index is 0.405. The predicted octanol–water partition coefficient (Wildman–Crippen LogP) is 2.63. The van der Waals surface area contributed by atoms with Crippen LogP contribution in [-0.4, -0.2) is 50.2 Å². The molecule has 0 saturated carbocycles. The quantitative estimate of drug-likeness (QED) is 0.619. The van der Waals surface area contributed by atoms with Crippen LogP contribution in [0.5, 0.6) is 0 Å². The normalized spacial score (nSPS) is 19.9. The number of benzene rings is 1. The molecule has 2 N–H and O–H groups in total. The van der Waals surface area contributed by atoms with Crippen LogP contribution in [-0.2, 0) is 6.54 Å². The van der Waals surface area contributed by atoms with Gasteiger partial charge in [0.2, 0.25) is 0 Å². The smallest absolute Gasteiger partial charge is 0.191 e. The van der Waals surface area contributed by atoms with E-state index in [1.165, 1.54) is 24.1 Å². The van der Waals surface area contributed by atoms with Gasteiger partial charge in [0.1, 0.15) is 5.82 Å². The van der Waals surface area contributed by atoms with Crippen LogP contribution < -0.4 is 20.4 Å². The molecule has 0 amide bonds. The zero-order chi connectivity index (χ0) is 19.2. The predicted molar refractivity (Wildman–Crippen MR) is 116 cm³/mol. The summed E-state index contributed by atoms with van der Waals surface area (Å²) in [6.45, 7) is 5.05. The number of hydrogen-bond donors (Lipinski definition) is 2. The van der Waals surface area contributed by atoms with Crippen molar-refractivity contribution in [1.82, 2.24) is 15.6 Å². The Morgan fingerprint density at radius 1 is 1.07 bits per heavy atom. The number of nitrogens with one attached hydrogen (secondary N) is 2. The number of rotatable bonds is 5. The number of guanidine groups is 1. The molecule has 6 nitrogen and oxygen atoms in total. The molecule has 1 aromatic carbocycles. The van der Waals surface area contributed by atoms with Crippen molar-refractivity contribution in [2.75, 3.05) is 43.0 Å². The van der Waals surface area contributed by atoms with E-state index in [1.807, 2.05) is 13.2 Å². The molecule has 148 valence electrons. The average molecular weight is 379 g/mol. The molecule has 2 aliphatic heterocycles. The molecule has 2 saturated heterocycles. The van der Waals surface area contributed by atoms with Crippen molar-refractivity contribution in [3.05, 3.63) is 54.2 Å². The molecular weight excluding hydrogens is 348 g/mol. The first-order valence-corrected chi connectivity index (χ1v) is 10.3. The van der Waals surface area contributed by atoms with Crippen molar-refractivity contribution in [1.29, 1.82) is 0 Å². The zero-order valence-electron chi connectivity index (χ0n) is 16.6. The summed E-state index contributed by atoms with van der Waals surface area (Å²) in [5, 5.41) is 6.98. The van der Waals surface area contributed by atoms with E-state index < -0.39 is 0 Å². The monoisotopic (exact) mass is 378 g/mol. The van der Waals surface area contributed by atoms with Crippen LogP contribution >= 0.6 is 0 Å². The number of anilines is 2. The van der Waals surface area contributed by atoms with Crippen LogP contribution in [0.3, 0.4) is 0 Å². The van der Waals surface area contributed by atoms with E-state index in [4.69, 9.17) is 0 Å². The van der Waals surface area contributed by atoms with Gasteiger partial charge in [-0.15, -0.1) is 0 Å². The first-order chi connectivity index (χ1) is 13.8. The highest BCUT2D eigenvalue weighted by Crippen LogP contribution is 2.20. The Morgan fingerprint density at radius 2 is 1.89 bits per heavy atom. The molecule has 28 heavy (non-hydrogen) atoms. The Hall–Kier alpha value is -2.76. The number of nitrogens with zero attached hydrogens (tertiary/aromatic N) is 4. The summed E-state index contributed by atoms with van der Waals surface area (Å²) < 4.78 is 0. The Labute approximate surface area is 167 Å². The van der Waals surface area contributed by atoms with E-state index in [2.05, 4.69) is 72.9 Å². The second-order valence-electron chi connectivity index (χ2n) is 7.56. The first kappa shape index (κ1) is 18.6. The SMILES string of the molecule is CN=C(NCc1ccc(N2CCCC2)nc1)NC1CCN(c2ccccc2)C1.